The van der Waals surface area contributed by atoms with Crippen LogP contribution in [0.25, 0.3) is 10.9 Å². The molecular formula is C31H37ClN2O3. The van der Waals surface area contributed by atoms with Crippen LogP contribution in [-0.2, 0) is 16.1 Å². The fourth-order valence-corrected chi connectivity index (χ4v) is 5.77. The normalized spacial score (nSPS) is 15.0. The van der Waals surface area contributed by atoms with Gasteiger partial charge < -0.3 is 9.88 Å². The van der Waals surface area contributed by atoms with Crippen molar-refractivity contribution in [1.29, 1.82) is 0 Å². The molecule has 196 valence electrons. The summed E-state index contributed by atoms with van der Waals surface area (Å²) in [6.07, 6.45) is 7.98. The third-order valence-corrected chi connectivity index (χ3v) is 7.78. The molecule has 1 N–H and O–H groups in total. The number of ketones is 2. The van der Waals surface area contributed by atoms with E-state index in [4.69, 9.17) is 11.6 Å². The van der Waals surface area contributed by atoms with Crippen molar-refractivity contribution >= 4 is 40.0 Å². The molecule has 0 spiro atoms. The van der Waals surface area contributed by atoms with Crippen LogP contribution < -0.4 is 0 Å². The van der Waals surface area contributed by atoms with E-state index in [0.29, 0.717) is 47.1 Å². The van der Waals surface area contributed by atoms with Crippen LogP contribution >= 0.6 is 11.6 Å². The smallest absolute Gasteiger partial charge is 0.220 e. The lowest BCUT2D eigenvalue weighted by atomic mass is 9.83. The molecule has 1 amide bonds. The van der Waals surface area contributed by atoms with E-state index in [2.05, 4.69) is 4.98 Å². The van der Waals surface area contributed by atoms with E-state index in [-0.39, 0.29) is 17.5 Å². The van der Waals surface area contributed by atoms with Gasteiger partial charge in [0.05, 0.1) is 5.69 Å². The van der Waals surface area contributed by atoms with E-state index in [1.165, 1.54) is 13.3 Å². The van der Waals surface area contributed by atoms with Crippen molar-refractivity contribution in [3.63, 3.8) is 0 Å². The number of nitrogens with zero attached hydrogens (tertiary/aromatic N) is 1. The van der Waals surface area contributed by atoms with Crippen molar-refractivity contribution in [3.05, 3.63) is 70.4 Å². The molecule has 0 aliphatic heterocycles. The number of aromatic nitrogens is 1. The number of hydrogen-bond donors (Lipinski definition) is 1. The molecule has 1 unspecified atom stereocenters. The summed E-state index contributed by atoms with van der Waals surface area (Å²) in [4.78, 5) is 45.8. The minimum absolute atomic E-state index is 0.00146. The van der Waals surface area contributed by atoms with E-state index in [1.807, 2.05) is 43.3 Å². The van der Waals surface area contributed by atoms with Gasteiger partial charge in [0.1, 0.15) is 6.04 Å². The number of aromatic amines is 1. The summed E-state index contributed by atoms with van der Waals surface area (Å²) >= 11 is 6.30. The number of carbonyl (C=O) groups excluding carboxylic acids is 3. The Kier molecular flexibility index (Phi) is 9.20. The molecular weight excluding hydrogens is 484 g/mol. The van der Waals surface area contributed by atoms with Gasteiger partial charge in [0.15, 0.2) is 11.6 Å². The Bertz CT molecular complexity index is 1240. The zero-order valence-electron chi connectivity index (χ0n) is 21.9. The Morgan fingerprint density at radius 2 is 1.78 bits per heavy atom. The fourth-order valence-electron chi connectivity index (χ4n) is 5.60. The number of unbranched alkanes of at least 4 members (excludes halogenated alkanes) is 1. The number of nitrogens with one attached hydrogen (secondary N) is 1. The van der Waals surface area contributed by atoms with Gasteiger partial charge in [-0.15, -0.1) is 0 Å². The molecule has 1 aliphatic rings. The van der Waals surface area contributed by atoms with Gasteiger partial charge in [0.2, 0.25) is 5.91 Å². The first-order valence-electron chi connectivity index (χ1n) is 13.6. The average molecular weight is 521 g/mol. The molecule has 0 bridgehead atoms. The quantitative estimate of drug-likeness (QED) is 0.262. The van der Waals surface area contributed by atoms with E-state index < -0.39 is 6.04 Å². The summed E-state index contributed by atoms with van der Waals surface area (Å²) in [5.41, 5.74) is 2.68. The number of amides is 1. The first kappa shape index (κ1) is 27.1. The molecule has 3 aromatic rings. The van der Waals surface area contributed by atoms with Gasteiger partial charge >= 0.3 is 0 Å². The van der Waals surface area contributed by atoms with Crippen LogP contribution in [0.4, 0.5) is 0 Å². The lowest BCUT2D eigenvalue weighted by Gasteiger charge is -2.32. The van der Waals surface area contributed by atoms with Gasteiger partial charge in [-0.05, 0) is 30.0 Å². The van der Waals surface area contributed by atoms with E-state index in [0.717, 1.165) is 49.5 Å². The predicted molar refractivity (Wildman–Crippen MR) is 149 cm³/mol. The summed E-state index contributed by atoms with van der Waals surface area (Å²) < 4.78 is 0. The standard InChI is InChI=1S/C31H37ClN2O3/c1-3-4-15-27(36)30-29(25-17-16-24(32)19-26(25)33-30)31(28(37)18-22-11-7-5-8-12-22)34(21(2)35)20-23-13-9-6-10-14-23/h6,9-10,13-14,16-17,19,22,31,33H,3-5,7-8,11-12,15,18,20H2,1-2H3. The maximum absolute atomic E-state index is 14.2. The van der Waals surface area contributed by atoms with Crippen LogP contribution in [0.2, 0.25) is 5.02 Å². The Hall–Kier alpha value is -2.92. The molecule has 0 saturated heterocycles. The molecule has 1 heterocycles. The van der Waals surface area contributed by atoms with Gasteiger partial charge in [0, 0.05) is 47.8 Å². The number of rotatable bonds is 11. The van der Waals surface area contributed by atoms with Crippen molar-refractivity contribution in [1.82, 2.24) is 9.88 Å². The highest BCUT2D eigenvalue weighted by atomic mass is 35.5. The molecule has 2 aromatic carbocycles. The van der Waals surface area contributed by atoms with Gasteiger partial charge in [-0.25, -0.2) is 0 Å². The monoisotopic (exact) mass is 520 g/mol. The first-order chi connectivity index (χ1) is 17.9. The highest BCUT2D eigenvalue weighted by molar-refractivity contribution is 6.31. The Morgan fingerprint density at radius 3 is 2.46 bits per heavy atom. The van der Waals surface area contributed by atoms with Crippen molar-refractivity contribution in [3.8, 4) is 0 Å². The van der Waals surface area contributed by atoms with Crippen LogP contribution in [0.15, 0.2) is 48.5 Å². The van der Waals surface area contributed by atoms with Crippen molar-refractivity contribution in [2.75, 3.05) is 0 Å². The second kappa shape index (κ2) is 12.6. The number of carbonyl (C=O) groups is 3. The van der Waals surface area contributed by atoms with E-state index >= 15 is 0 Å². The number of Topliss-reactive ketones (excluding diaryl/α,β-unsaturated/α-hetero) is 2. The summed E-state index contributed by atoms with van der Waals surface area (Å²) in [6.45, 7) is 3.85. The predicted octanol–water partition coefficient (Wildman–Crippen LogP) is 7.82. The summed E-state index contributed by atoms with van der Waals surface area (Å²) in [5, 5.41) is 1.32. The Labute approximate surface area is 224 Å². The second-order valence-corrected chi connectivity index (χ2v) is 10.8. The zero-order valence-corrected chi connectivity index (χ0v) is 22.7. The van der Waals surface area contributed by atoms with E-state index in [1.54, 1.807) is 17.0 Å². The maximum Gasteiger partial charge on any atom is 0.220 e. The number of halogens is 1. The molecule has 1 atom stereocenters. The zero-order chi connectivity index (χ0) is 26.4. The van der Waals surface area contributed by atoms with Gasteiger partial charge in [-0.2, -0.15) is 0 Å². The number of hydrogen-bond acceptors (Lipinski definition) is 3. The molecule has 0 radical (unpaired) electrons. The Morgan fingerprint density at radius 1 is 1.05 bits per heavy atom. The SMILES string of the molecule is CCCCC(=O)c1[nH]c2cc(Cl)ccc2c1C(C(=O)CC1CCCCC1)N(Cc1ccccc1)C(C)=O. The molecule has 5 nitrogen and oxygen atoms in total. The van der Waals surface area contributed by atoms with Crippen LogP contribution in [0, 0.1) is 5.92 Å². The molecule has 1 aliphatic carbocycles. The second-order valence-electron chi connectivity index (χ2n) is 10.3. The molecule has 1 saturated carbocycles. The minimum Gasteiger partial charge on any atom is -0.352 e. The van der Waals surface area contributed by atoms with Crippen molar-refractivity contribution < 1.29 is 14.4 Å². The molecule has 4 rings (SSSR count). The topological polar surface area (TPSA) is 70.2 Å². The van der Waals surface area contributed by atoms with E-state index in [9.17, 15) is 14.4 Å². The summed E-state index contributed by atoms with van der Waals surface area (Å²) in [6, 6.07) is 14.3. The minimum atomic E-state index is -0.852. The van der Waals surface area contributed by atoms with Gasteiger partial charge in [-0.1, -0.05) is 93.4 Å². The molecule has 37 heavy (non-hydrogen) atoms. The lowest BCUT2D eigenvalue weighted by molar-refractivity contribution is -0.139. The van der Waals surface area contributed by atoms with Crippen LogP contribution in [-0.4, -0.2) is 27.4 Å². The highest BCUT2D eigenvalue weighted by Gasteiger charge is 2.36. The average Bonchev–Trinajstić information content (AvgIpc) is 3.26. The maximum atomic E-state index is 14.2. The van der Waals surface area contributed by atoms with Gasteiger partial charge in [-0.3, -0.25) is 14.4 Å². The molecule has 1 fully saturated rings. The van der Waals surface area contributed by atoms with Crippen molar-refractivity contribution in [2.45, 2.75) is 84.2 Å². The third-order valence-electron chi connectivity index (χ3n) is 7.54. The highest BCUT2D eigenvalue weighted by Crippen LogP contribution is 2.38. The lowest BCUT2D eigenvalue weighted by Crippen LogP contribution is -2.38. The van der Waals surface area contributed by atoms with Crippen molar-refractivity contribution in [2.24, 2.45) is 5.92 Å². The van der Waals surface area contributed by atoms with Crippen LogP contribution in [0.3, 0.4) is 0 Å². The fraction of sp³-hybridized carbons (Fsp3) is 0.452. The number of fused-ring (bicyclic) bond motifs is 1. The summed E-state index contributed by atoms with van der Waals surface area (Å²) in [5.74, 6) is 0.0792. The molecule has 1 aromatic heterocycles. The first-order valence-corrected chi connectivity index (χ1v) is 13.9. The third kappa shape index (κ3) is 6.51. The van der Waals surface area contributed by atoms with Gasteiger partial charge in [0.25, 0.3) is 0 Å². The largest absolute Gasteiger partial charge is 0.352 e. The molecule has 6 heteroatoms. The van der Waals surface area contributed by atoms with Crippen LogP contribution in [0.5, 0.6) is 0 Å². The number of benzene rings is 2. The Balaban J connectivity index is 1.85. The van der Waals surface area contributed by atoms with Crippen LogP contribution in [0.1, 0.15) is 99.3 Å². The number of H-pyrrole nitrogens is 1. The summed E-state index contributed by atoms with van der Waals surface area (Å²) in [7, 11) is 0.